The molecule has 0 unspecified atom stereocenters. The van der Waals surface area contributed by atoms with E-state index in [-0.39, 0.29) is 18.2 Å². The highest BCUT2D eigenvalue weighted by atomic mass is 32.2. The first-order valence-corrected chi connectivity index (χ1v) is 8.37. The van der Waals surface area contributed by atoms with Gasteiger partial charge in [-0.15, -0.1) is 0 Å². The van der Waals surface area contributed by atoms with Gasteiger partial charge in [-0.2, -0.15) is 5.26 Å². The van der Waals surface area contributed by atoms with Crippen molar-refractivity contribution in [1.29, 1.82) is 5.26 Å². The third-order valence-electron chi connectivity index (χ3n) is 3.41. The van der Waals surface area contributed by atoms with Crippen molar-refractivity contribution in [2.75, 3.05) is 29.7 Å². The van der Waals surface area contributed by atoms with Crippen LogP contribution >= 0.6 is 0 Å². The number of benzene rings is 1. The molecule has 112 valence electrons. The Hall–Kier alpha value is -2.07. The van der Waals surface area contributed by atoms with Gasteiger partial charge in [0.05, 0.1) is 17.5 Å². The molecule has 0 spiro atoms. The number of rotatable bonds is 4. The summed E-state index contributed by atoms with van der Waals surface area (Å²) >= 11 is 0. The second-order valence-electron chi connectivity index (χ2n) is 4.77. The largest absolute Gasteiger partial charge is 0.326 e. The van der Waals surface area contributed by atoms with E-state index in [0.29, 0.717) is 30.8 Å². The van der Waals surface area contributed by atoms with Crippen LogP contribution in [-0.4, -0.2) is 44.6 Å². The van der Waals surface area contributed by atoms with Crippen LogP contribution in [0.25, 0.3) is 0 Å². The van der Waals surface area contributed by atoms with Crippen LogP contribution in [0.2, 0.25) is 0 Å². The fourth-order valence-corrected chi connectivity index (χ4v) is 3.88. The maximum absolute atomic E-state index is 12.3. The zero-order chi connectivity index (χ0) is 15.5. The summed E-state index contributed by atoms with van der Waals surface area (Å²) in [6, 6.07) is 8.50. The van der Waals surface area contributed by atoms with Gasteiger partial charge in [-0.25, -0.2) is 8.42 Å². The van der Waals surface area contributed by atoms with Gasteiger partial charge in [0.2, 0.25) is 10.0 Å². The van der Waals surface area contributed by atoms with E-state index in [1.165, 1.54) is 9.21 Å². The zero-order valence-electron chi connectivity index (χ0n) is 11.8. The highest BCUT2D eigenvalue weighted by Gasteiger charge is 2.28. The summed E-state index contributed by atoms with van der Waals surface area (Å²) in [7, 11) is -3.26. The highest BCUT2D eigenvalue weighted by Crippen LogP contribution is 2.25. The van der Waals surface area contributed by atoms with Gasteiger partial charge in [-0.05, 0) is 31.5 Å². The van der Waals surface area contributed by atoms with Crippen LogP contribution < -0.4 is 4.31 Å². The Morgan fingerprint density at radius 3 is 2.81 bits per heavy atom. The van der Waals surface area contributed by atoms with Crippen molar-refractivity contribution in [1.82, 2.24) is 4.90 Å². The number of carbonyl (C=O) groups excluding carboxylic acids is 1. The predicted octanol–water partition coefficient (Wildman–Crippen LogP) is 1.21. The lowest BCUT2D eigenvalue weighted by Crippen LogP contribution is -2.31. The van der Waals surface area contributed by atoms with Crippen LogP contribution in [-0.2, 0) is 10.0 Å². The molecule has 6 nitrogen and oxygen atoms in total. The van der Waals surface area contributed by atoms with Crippen molar-refractivity contribution in [2.45, 2.75) is 13.3 Å². The van der Waals surface area contributed by atoms with E-state index in [0.717, 1.165) is 0 Å². The molecule has 1 aromatic carbocycles. The van der Waals surface area contributed by atoms with Crippen LogP contribution in [0.4, 0.5) is 5.69 Å². The first kappa shape index (κ1) is 15.3. The highest BCUT2D eigenvalue weighted by molar-refractivity contribution is 7.93. The Morgan fingerprint density at radius 2 is 2.24 bits per heavy atom. The minimum absolute atomic E-state index is 0.0155. The molecular formula is C14H17N3O3S. The van der Waals surface area contributed by atoms with E-state index in [1.807, 2.05) is 6.07 Å². The van der Waals surface area contributed by atoms with Crippen molar-refractivity contribution >= 4 is 21.6 Å². The minimum atomic E-state index is -3.26. The molecule has 1 aromatic rings. The Kier molecular flexibility index (Phi) is 4.48. The van der Waals surface area contributed by atoms with E-state index in [4.69, 9.17) is 5.26 Å². The average molecular weight is 307 g/mol. The zero-order valence-corrected chi connectivity index (χ0v) is 12.6. The van der Waals surface area contributed by atoms with Crippen molar-refractivity contribution in [3.8, 4) is 6.07 Å². The lowest BCUT2D eigenvalue weighted by molar-refractivity contribution is 0.0784. The standard InChI is InChI=1S/C14H17N3O3S/c1-2-16(9-7-15)14(18)12-5-3-6-13(11-12)17-8-4-10-21(17,19)20/h3,5-6,11H,2,4,8-10H2,1H3. The van der Waals surface area contributed by atoms with Gasteiger partial charge < -0.3 is 4.90 Å². The molecule has 2 rings (SSSR count). The third kappa shape index (κ3) is 3.16. The molecule has 1 saturated heterocycles. The monoisotopic (exact) mass is 307 g/mol. The lowest BCUT2D eigenvalue weighted by Gasteiger charge is -2.20. The molecule has 1 amide bonds. The van der Waals surface area contributed by atoms with Gasteiger partial charge in [0, 0.05) is 18.7 Å². The Morgan fingerprint density at radius 1 is 1.48 bits per heavy atom. The van der Waals surface area contributed by atoms with Crippen molar-refractivity contribution in [3.05, 3.63) is 29.8 Å². The number of carbonyl (C=O) groups is 1. The summed E-state index contributed by atoms with van der Waals surface area (Å²) in [5, 5.41) is 8.73. The molecule has 21 heavy (non-hydrogen) atoms. The Balaban J connectivity index is 2.30. The van der Waals surface area contributed by atoms with Crippen LogP contribution in [0, 0.1) is 11.3 Å². The molecule has 0 saturated carbocycles. The van der Waals surface area contributed by atoms with E-state index >= 15 is 0 Å². The molecule has 0 N–H and O–H groups in total. The van der Waals surface area contributed by atoms with Crippen LogP contribution in [0.3, 0.4) is 0 Å². The van der Waals surface area contributed by atoms with E-state index in [2.05, 4.69) is 0 Å². The van der Waals surface area contributed by atoms with Gasteiger partial charge in [0.1, 0.15) is 6.54 Å². The lowest BCUT2D eigenvalue weighted by atomic mass is 10.1. The fraction of sp³-hybridized carbons (Fsp3) is 0.429. The topological polar surface area (TPSA) is 81.5 Å². The minimum Gasteiger partial charge on any atom is -0.326 e. The Bertz CT molecular complexity index is 679. The molecule has 1 aliphatic rings. The molecule has 1 fully saturated rings. The number of nitriles is 1. The van der Waals surface area contributed by atoms with Crippen LogP contribution in [0.15, 0.2) is 24.3 Å². The molecule has 0 aromatic heterocycles. The molecule has 0 radical (unpaired) electrons. The average Bonchev–Trinajstić information content (AvgIpc) is 2.83. The third-order valence-corrected chi connectivity index (χ3v) is 5.28. The number of hydrogen-bond donors (Lipinski definition) is 0. The summed E-state index contributed by atoms with van der Waals surface area (Å²) in [5.74, 6) is -0.127. The predicted molar refractivity (Wildman–Crippen MR) is 79.4 cm³/mol. The SMILES string of the molecule is CCN(CC#N)C(=O)c1cccc(N2CCCS2(=O)=O)c1. The summed E-state index contributed by atoms with van der Waals surface area (Å²) in [5.41, 5.74) is 0.901. The van der Waals surface area contributed by atoms with Crippen LogP contribution in [0.5, 0.6) is 0 Å². The van der Waals surface area contributed by atoms with Crippen molar-refractivity contribution in [2.24, 2.45) is 0 Å². The summed E-state index contributed by atoms with van der Waals surface area (Å²) in [4.78, 5) is 13.7. The first-order chi connectivity index (χ1) is 9.99. The fourth-order valence-electron chi connectivity index (χ4n) is 2.32. The van der Waals surface area contributed by atoms with E-state index < -0.39 is 10.0 Å². The smallest absolute Gasteiger partial charge is 0.254 e. The van der Waals surface area contributed by atoms with E-state index in [1.54, 1.807) is 31.2 Å². The Labute approximate surface area is 124 Å². The molecule has 0 bridgehead atoms. The van der Waals surface area contributed by atoms with E-state index in [9.17, 15) is 13.2 Å². The second-order valence-corrected chi connectivity index (χ2v) is 6.78. The maximum atomic E-state index is 12.3. The summed E-state index contributed by atoms with van der Waals surface area (Å²) < 4.78 is 25.2. The van der Waals surface area contributed by atoms with Gasteiger partial charge in [0.15, 0.2) is 0 Å². The van der Waals surface area contributed by atoms with Crippen molar-refractivity contribution < 1.29 is 13.2 Å². The second kappa shape index (κ2) is 6.14. The number of hydrogen-bond acceptors (Lipinski definition) is 4. The summed E-state index contributed by atoms with van der Waals surface area (Å²) in [6.45, 7) is 2.68. The van der Waals surface area contributed by atoms with Gasteiger partial charge in [-0.1, -0.05) is 6.07 Å². The molecule has 1 aliphatic heterocycles. The van der Waals surface area contributed by atoms with Gasteiger partial charge in [0.25, 0.3) is 5.91 Å². The number of nitrogens with zero attached hydrogens (tertiary/aromatic N) is 3. The number of sulfonamides is 1. The quantitative estimate of drug-likeness (QED) is 0.783. The molecular weight excluding hydrogens is 290 g/mol. The first-order valence-electron chi connectivity index (χ1n) is 6.76. The molecule has 0 atom stereocenters. The maximum Gasteiger partial charge on any atom is 0.254 e. The number of amides is 1. The molecule has 0 aliphatic carbocycles. The molecule has 1 heterocycles. The number of anilines is 1. The van der Waals surface area contributed by atoms with Gasteiger partial charge >= 0.3 is 0 Å². The molecule has 7 heteroatoms. The van der Waals surface area contributed by atoms with Gasteiger partial charge in [-0.3, -0.25) is 9.10 Å². The van der Waals surface area contributed by atoms with Crippen molar-refractivity contribution in [3.63, 3.8) is 0 Å². The summed E-state index contributed by atoms with van der Waals surface area (Å²) in [6.07, 6.45) is 0.593. The van der Waals surface area contributed by atoms with Crippen LogP contribution in [0.1, 0.15) is 23.7 Å². The normalized spacial score (nSPS) is 16.5.